The van der Waals surface area contributed by atoms with E-state index in [0.29, 0.717) is 17.2 Å². The lowest BCUT2D eigenvalue weighted by atomic mass is 10.1. The fraction of sp³-hybridized carbons (Fsp3) is 0.273. The van der Waals surface area contributed by atoms with Crippen LogP contribution in [0.25, 0.3) is 0 Å². The number of nitrogens with two attached hydrogens (primary N) is 2. The van der Waals surface area contributed by atoms with Gasteiger partial charge in [-0.3, -0.25) is 19.3 Å². The van der Waals surface area contributed by atoms with Gasteiger partial charge < -0.3 is 30.7 Å². The lowest BCUT2D eigenvalue weighted by Gasteiger charge is -2.29. The number of nitrogens with zero attached hydrogens (tertiary/aromatic N) is 2. The van der Waals surface area contributed by atoms with Crippen LogP contribution in [0.3, 0.4) is 0 Å². The van der Waals surface area contributed by atoms with Gasteiger partial charge in [-0.15, -0.1) is 0 Å². The number of nitrogen functional groups attached to an aromatic ring is 1. The smallest absolute Gasteiger partial charge is 0.273 e. The number of carbonyl (C=O) groups excluding carboxylic acids is 3. The van der Waals surface area contributed by atoms with Crippen molar-refractivity contribution in [2.45, 2.75) is 13.0 Å². The number of carbonyl (C=O) groups is 3. The summed E-state index contributed by atoms with van der Waals surface area (Å²) in [4.78, 5) is 40.0. The predicted octanol–water partition coefficient (Wildman–Crippen LogP) is 1.88. The van der Waals surface area contributed by atoms with Crippen LogP contribution in [0.15, 0.2) is 40.8 Å². The summed E-state index contributed by atoms with van der Waals surface area (Å²) in [5.41, 5.74) is 11.3. The Balaban J connectivity index is 2.14. The third kappa shape index (κ3) is 5.18. The van der Waals surface area contributed by atoms with Crippen LogP contribution in [0.2, 0.25) is 0 Å². The van der Waals surface area contributed by atoms with Gasteiger partial charge in [0.05, 0.1) is 19.4 Å². The van der Waals surface area contributed by atoms with E-state index in [0.717, 1.165) is 11.5 Å². The zero-order chi connectivity index (χ0) is 24.8. The van der Waals surface area contributed by atoms with Gasteiger partial charge in [0.25, 0.3) is 17.7 Å². The maximum atomic E-state index is 13.8. The summed E-state index contributed by atoms with van der Waals surface area (Å²) < 4.78 is 19.9. The van der Waals surface area contributed by atoms with E-state index in [9.17, 15) is 14.4 Å². The Morgan fingerprint density at radius 3 is 2.41 bits per heavy atom. The first-order valence-corrected chi connectivity index (χ1v) is 10.9. The number of furan rings is 1. The standard InChI is InChI=1S/C22H25N5O6S/c1-12-4-9-15(33-12)18(21(29)25-10-11-31-2)27(13-5-7-14(32-3)8-6-13)22(30)19-16(23)17(20(24)28)26-34-19/h4-9,18H,10-11,23H2,1-3H3,(H2,24,28)(H,25,29)/t18-/m0/s1. The molecule has 1 atom stereocenters. The molecular formula is C22H25N5O6S. The zero-order valence-electron chi connectivity index (χ0n) is 18.9. The second-order valence-electron chi connectivity index (χ2n) is 7.15. The molecule has 11 nitrogen and oxygen atoms in total. The Morgan fingerprint density at radius 1 is 1.18 bits per heavy atom. The first-order chi connectivity index (χ1) is 16.3. The van der Waals surface area contributed by atoms with Crippen LogP contribution in [-0.4, -0.2) is 49.5 Å². The highest BCUT2D eigenvalue weighted by atomic mass is 32.1. The molecule has 2 aromatic heterocycles. The molecule has 0 bridgehead atoms. The Kier molecular flexibility index (Phi) is 7.87. The Hall–Kier alpha value is -3.90. The second-order valence-corrected chi connectivity index (χ2v) is 7.92. The van der Waals surface area contributed by atoms with E-state index in [2.05, 4.69) is 9.69 Å². The van der Waals surface area contributed by atoms with E-state index >= 15 is 0 Å². The third-order valence-electron chi connectivity index (χ3n) is 4.87. The van der Waals surface area contributed by atoms with Gasteiger partial charge in [0, 0.05) is 19.3 Å². The average Bonchev–Trinajstić information content (AvgIpc) is 3.42. The van der Waals surface area contributed by atoms with Crippen molar-refractivity contribution in [1.82, 2.24) is 9.69 Å². The van der Waals surface area contributed by atoms with Crippen molar-refractivity contribution < 1.29 is 28.3 Å². The van der Waals surface area contributed by atoms with Crippen LogP contribution in [-0.2, 0) is 9.53 Å². The lowest BCUT2D eigenvalue weighted by Crippen LogP contribution is -2.44. The molecule has 180 valence electrons. The summed E-state index contributed by atoms with van der Waals surface area (Å²) >= 11 is 0.720. The Labute approximate surface area is 199 Å². The van der Waals surface area contributed by atoms with Gasteiger partial charge in [0.1, 0.15) is 22.1 Å². The monoisotopic (exact) mass is 487 g/mol. The molecule has 5 N–H and O–H groups in total. The molecule has 0 spiro atoms. The van der Waals surface area contributed by atoms with Gasteiger partial charge >= 0.3 is 0 Å². The summed E-state index contributed by atoms with van der Waals surface area (Å²) in [6.45, 7) is 2.21. The number of benzene rings is 1. The van der Waals surface area contributed by atoms with Gasteiger partial charge in [-0.1, -0.05) is 0 Å². The highest BCUT2D eigenvalue weighted by molar-refractivity contribution is 7.09. The number of methoxy groups -OCH3 is 2. The van der Waals surface area contributed by atoms with E-state index in [1.165, 1.54) is 19.1 Å². The molecule has 3 aromatic rings. The minimum absolute atomic E-state index is 0.0393. The molecule has 0 aliphatic heterocycles. The molecule has 0 saturated carbocycles. The molecule has 34 heavy (non-hydrogen) atoms. The molecule has 0 radical (unpaired) electrons. The molecule has 1 aromatic carbocycles. The third-order valence-corrected chi connectivity index (χ3v) is 5.72. The highest BCUT2D eigenvalue weighted by Crippen LogP contribution is 2.34. The van der Waals surface area contributed by atoms with Crippen molar-refractivity contribution >= 4 is 40.6 Å². The van der Waals surface area contributed by atoms with Gasteiger partial charge in [0.15, 0.2) is 11.7 Å². The minimum atomic E-state index is -1.20. The van der Waals surface area contributed by atoms with Crippen LogP contribution < -0.4 is 26.4 Å². The fourth-order valence-corrected chi connectivity index (χ4v) is 3.95. The van der Waals surface area contributed by atoms with Crippen LogP contribution in [0.1, 0.15) is 37.7 Å². The molecule has 0 aliphatic rings. The van der Waals surface area contributed by atoms with Crippen LogP contribution in [0.4, 0.5) is 11.4 Å². The Bertz CT molecular complexity index is 1170. The van der Waals surface area contributed by atoms with Gasteiger partial charge in [-0.05, 0) is 54.9 Å². The number of primary amides is 1. The summed E-state index contributed by atoms with van der Waals surface area (Å²) in [5, 5.41) is 2.75. The molecule has 3 amide bonds. The van der Waals surface area contributed by atoms with E-state index in [4.69, 9.17) is 25.4 Å². The summed E-state index contributed by atoms with van der Waals surface area (Å²) in [7, 11) is 3.02. The lowest BCUT2D eigenvalue weighted by molar-refractivity contribution is -0.123. The quantitative estimate of drug-likeness (QED) is 0.365. The molecule has 2 heterocycles. The number of aromatic nitrogens is 1. The SMILES string of the molecule is COCCNC(=O)[C@H](c1ccc(C)o1)N(C(=O)c1snc(C(N)=O)c1N)c1ccc(OC)cc1. The number of hydrogen-bond acceptors (Lipinski definition) is 9. The molecule has 0 unspecified atom stereocenters. The summed E-state index contributed by atoms with van der Waals surface area (Å²) in [6.07, 6.45) is 0. The van der Waals surface area contributed by atoms with Crippen LogP contribution in [0, 0.1) is 6.92 Å². The van der Waals surface area contributed by atoms with Gasteiger partial charge in [-0.25, -0.2) is 0 Å². The van der Waals surface area contributed by atoms with Crippen molar-refractivity contribution in [2.24, 2.45) is 5.73 Å². The normalized spacial score (nSPS) is 11.6. The van der Waals surface area contributed by atoms with Crippen molar-refractivity contribution in [3.05, 3.63) is 58.5 Å². The van der Waals surface area contributed by atoms with Gasteiger partial charge in [0.2, 0.25) is 0 Å². The van der Waals surface area contributed by atoms with E-state index in [-0.39, 0.29) is 35.2 Å². The molecule has 0 saturated heterocycles. The molecule has 0 fully saturated rings. The van der Waals surface area contributed by atoms with Crippen molar-refractivity contribution in [1.29, 1.82) is 0 Å². The van der Waals surface area contributed by atoms with E-state index < -0.39 is 23.8 Å². The maximum absolute atomic E-state index is 13.8. The number of rotatable bonds is 10. The van der Waals surface area contributed by atoms with E-state index in [1.54, 1.807) is 43.3 Å². The van der Waals surface area contributed by atoms with Gasteiger partial charge in [-0.2, -0.15) is 4.37 Å². The first kappa shape index (κ1) is 24.7. The topological polar surface area (TPSA) is 163 Å². The van der Waals surface area contributed by atoms with E-state index in [1.807, 2.05) is 0 Å². The molecule has 3 rings (SSSR count). The maximum Gasteiger partial charge on any atom is 0.273 e. The summed E-state index contributed by atoms with van der Waals surface area (Å²) in [5.74, 6) is -0.684. The number of anilines is 2. The molecule has 12 heteroatoms. The average molecular weight is 488 g/mol. The Morgan fingerprint density at radius 2 is 1.88 bits per heavy atom. The number of amides is 3. The number of nitrogens with one attached hydrogen (secondary N) is 1. The van der Waals surface area contributed by atoms with Crippen molar-refractivity contribution in [2.75, 3.05) is 38.0 Å². The number of aryl methyl sites for hydroxylation is 1. The summed E-state index contributed by atoms with van der Waals surface area (Å²) in [6, 6.07) is 8.63. The van der Waals surface area contributed by atoms with Crippen LogP contribution in [0.5, 0.6) is 5.75 Å². The first-order valence-electron chi connectivity index (χ1n) is 10.1. The predicted molar refractivity (Wildman–Crippen MR) is 126 cm³/mol. The highest BCUT2D eigenvalue weighted by Gasteiger charge is 2.37. The molecular weight excluding hydrogens is 462 g/mol. The van der Waals surface area contributed by atoms with Crippen molar-refractivity contribution in [3.63, 3.8) is 0 Å². The molecule has 0 aliphatic carbocycles. The second kappa shape index (κ2) is 10.8. The minimum Gasteiger partial charge on any atom is -0.497 e. The number of ether oxygens (including phenoxy) is 2. The number of hydrogen-bond donors (Lipinski definition) is 3. The zero-order valence-corrected chi connectivity index (χ0v) is 19.7. The fourth-order valence-electron chi connectivity index (χ4n) is 3.21. The van der Waals surface area contributed by atoms with Crippen molar-refractivity contribution in [3.8, 4) is 5.75 Å². The van der Waals surface area contributed by atoms with Crippen LogP contribution >= 0.6 is 11.5 Å². The largest absolute Gasteiger partial charge is 0.497 e.